The zero-order chi connectivity index (χ0) is 18.3. The molecule has 0 bridgehead atoms. The molecule has 1 aromatic carbocycles. The smallest absolute Gasteiger partial charge is 0.238 e. The van der Waals surface area contributed by atoms with Gasteiger partial charge in [-0.25, -0.2) is 13.6 Å². The second-order valence-electron chi connectivity index (χ2n) is 5.06. The summed E-state index contributed by atoms with van der Waals surface area (Å²) in [6.07, 6.45) is 2.42. The lowest BCUT2D eigenvalue weighted by Crippen LogP contribution is -2.16. The number of hydrogen-bond acceptors (Lipinski definition) is 7. The van der Waals surface area contributed by atoms with Crippen molar-refractivity contribution in [2.45, 2.75) is 23.0 Å². The Balaban J connectivity index is 1.90. The molecule has 136 valence electrons. The monoisotopic (exact) mass is 385 g/mol. The molecule has 0 aliphatic heterocycles. The van der Waals surface area contributed by atoms with Crippen molar-refractivity contribution in [1.82, 2.24) is 14.8 Å². The predicted molar refractivity (Wildman–Crippen MR) is 93.7 cm³/mol. The fourth-order valence-corrected chi connectivity index (χ4v) is 3.27. The van der Waals surface area contributed by atoms with Crippen LogP contribution < -0.4 is 10.5 Å². The minimum absolute atomic E-state index is 0.0594. The van der Waals surface area contributed by atoms with Crippen molar-refractivity contribution in [3.63, 3.8) is 0 Å². The van der Waals surface area contributed by atoms with Gasteiger partial charge >= 0.3 is 0 Å². The van der Waals surface area contributed by atoms with Gasteiger partial charge in [0, 0.05) is 25.9 Å². The zero-order valence-electron chi connectivity index (χ0n) is 13.6. The van der Waals surface area contributed by atoms with Crippen molar-refractivity contribution in [3.05, 3.63) is 30.6 Å². The molecule has 1 heterocycles. The van der Waals surface area contributed by atoms with Gasteiger partial charge in [0.15, 0.2) is 5.16 Å². The molecule has 9 nitrogen and oxygen atoms in total. The molecular weight excluding hydrogens is 366 g/mol. The Bertz CT molecular complexity index is 822. The van der Waals surface area contributed by atoms with Gasteiger partial charge in [-0.2, -0.15) is 0 Å². The number of ether oxygens (including phenoxy) is 1. The summed E-state index contributed by atoms with van der Waals surface area (Å²) < 4.78 is 29.5. The van der Waals surface area contributed by atoms with E-state index in [-0.39, 0.29) is 16.6 Å². The van der Waals surface area contributed by atoms with Crippen LogP contribution in [0.15, 0.2) is 40.6 Å². The molecule has 1 amide bonds. The van der Waals surface area contributed by atoms with Crippen LogP contribution in [0.2, 0.25) is 0 Å². The number of nitrogens with one attached hydrogen (secondary N) is 1. The first kappa shape index (κ1) is 19.4. The maximum Gasteiger partial charge on any atom is 0.238 e. The number of anilines is 1. The van der Waals surface area contributed by atoms with Gasteiger partial charge in [0.2, 0.25) is 15.9 Å². The summed E-state index contributed by atoms with van der Waals surface area (Å²) >= 11 is 1.24. The van der Waals surface area contributed by atoms with Crippen LogP contribution in [0.25, 0.3) is 0 Å². The van der Waals surface area contributed by atoms with Gasteiger partial charge < -0.3 is 14.6 Å². The number of sulfonamides is 1. The Kier molecular flexibility index (Phi) is 6.93. The lowest BCUT2D eigenvalue weighted by atomic mass is 10.3. The van der Waals surface area contributed by atoms with Crippen molar-refractivity contribution in [2.75, 3.05) is 24.8 Å². The molecule has 0 saturated heterocycles. The number of nitrogens with zero attached hydrogens (tertiary/aromatic N) is 3. The molecule has 0 atom stereocenters. The quantitative estimate of drug-likeness (QED) is 0.480. The third kappa shape index (κ3) is 6.12. The number of nitrogens with two attached hydrogens (primary N) is 1. The number of aromatic nitrogens is 3. The van der Waals surface area contributed by atoms with Crippen molar-refractivity contribution in [2.24, 2.45) is 5.14 Å². The number of carbonyl (C=O) groups excluding carboxylic acids is 1. The Hall–Kier alpha value is -1.95. The minimum Gasteiger partial charge on any atom is -0.385 e. The van der Waals surface area contributed by atoms with Gasteiger partial charge in [-0.05, 0) is 24.6 Å². The first-order valence-corrected chi connectivity index (χ1v) is 9.85. The maximum atomic E-state index is 12.1. The molecule has 0 aliphatic rings. The third-order valence-corrected chi connectivity index (χ3v) is 5.00. The maximum absolute atomic E-state index is 12.1. The topological polar surface area (TPSA) is 129 Å². The Morgan fingerprint density at radius 3 is 2.96 bits per heavy atom. The number of methoxy groups -OCH3 is 1. The standard InChI is InChI=1S/C14H19N5O4S2/c1-23-7-3-6-19-10-16-18-14(19)24-9-13(20)17-11-4-2-5-12(8-11)25(15,21)22/h2,4-5,8,10H,3,6-7,9H2,1H3,(H,17,20)(H2,15,21,22). The SMILES string of the molecule is COCCCn1cnnc1SCC(=O)Nc1cccc(S(N)(=O)=O)c1. The molecule has 0 aliphatic carbocycles. The lowest BCUT2D eigenvalue weighted by molar-refractivity contribution is -0.113. The number of carbonyl (C=O) groups is 1. The van der Waals surface area contributed by atoms with Crippen molar-refractivity contribution in [3.8, 4) is 0 Å². The molecule has 0 radical (unpaired) electrons. The van der Waals surface area contributed by atoms with Gasteiger partial charge in [0.25, 0.3) is 0 Å². The molecule has 0 fully saturated rings. The highest BCUT2D eigenvalue weighted by molar-refractivity contribution is 7.99. The van der Waals surface area contributed by atoms with E-state index in [1.54, 1.807) is 19.5 Å². The molecule has 11 heteroatoms. The van der Waals surface area contributed by atoms with E-state index in [2.05, 4.69) is 15.5 Å². The lowest BCUT2D eigenvalue weighted by Gasteiger charge is -2.07. The zero-order valence-corrected chi connectivity index (χ0v) is 15.2. The number of rotatable bonds is 9. The first-order valence-electron chi connectivity index (χ1n) is 7.32. The molecule has 25 heavy (non-hydrogen) atoms. The third-order valence-electron chi connectivity index (χ3n) is 3.11. The molecule has 2 rings (SSSR count). The second kappa shape index (κ2) is 8.94. The van der Waals surface area contributed by atoms with E-state index in [0.29, 0.717) is 24.0 Å². The van der Waals surface area contributed by atoms with E-state index in [9.17, 15) is 13.2 Å². The molecule has 0 unspecified atom stereocenters. The van der Waals surface area contributed by atoms with Gasteiger partial charge in [-0.3, -0.25) is 4.79 Å². The number of primary sulfonamides is 1. The largest absolute Gasteiger partial charge is 0.385 e. The van der Waals surface area contributed by atoms with E-state index in [1.165, 1.54) is 30.0 Å². The minimum atomic E-state index is -3.81. The summed E-state index contributed by atoms with van der Waals surface area (Å²) in [7, 11) is -2.18. The van der Waals surface area contributed by atoms with Crippen LogP contribution in [0.5, 0.6) is 0 Å². The average molecular weight is 385 g/mol. The molecule has 2 aromatic rings. The average Bonchev–Trinajstić information content (AvgIpc) is 3.00. The van der Waals surface area contributed by atoms with E-state index in [4.69, 9.17) is 9.88 Å². The van der Waals surface area contributed by atoms with Crippen LogP contribution in [0.1, 0.15) is 6.42 Å². The Morgan fingerprint density at radius 2 is 2.24 bits per heavy atom. The summed E-state index contributed by atoms with van der Waals surface area (Å²) in [5.41, 5.74) is 0.360. The first-order chi connectivity index (χ1) is 11.9. The second-order valence-corrected chi connectivity index (χ2v) is 7.57. The van der Waals surface area contributed by atoms with Gasteiger partial charge in [-0.15, -0.1) is 10.2 Å². The summed E-state index contributed by atoms with van der Waals surface area (Å²) in [5, 5.41) is 16.2. The highest BCUT2D eigenvalue weighted by Crippen LogP contribution is 2.17. The predicted octanol–water partition coefficient (Wildman–Crippen LogP) is 0.693. The molecule has 3 N–H and O–H groups in total. The number of thioether (sulfide) groups is 1. The molecule has 1 aromatic heterocycles. The Labute approximate surface area is 150 Å². The van der Waals surface area contributed by atoms with Crippen LogP contribution in [-0.2, 0) is 26.1 Å². The summed E-state index contributed by atoms with van der Waals surface area (Å²) in [5.74, 6) is -0.175. The van der Waals surface area contributed by atoms with Crippen LogP contribution in [0.4, 0.5) is 5.69 Å². The molecular formula is C14H19N5O4S2. The molecule has 0 saturated carbocycles. The fraction of sp³-hybridized carbons (Fsp3) is 0.357. The number of benzene rings is 1. The van der Waals surface area contributed by atoms with Crippen molar-refractivity contribution >= 4 is 33.4 Å². The number of aryl methyl sites for hydroxylation is 1. The van der Waals surface area contributed by atoms with Crippen LogP contribution in [0, 0.1) is 0 Å². The highest BCUT2D eigenvalue weighted by atomic mass is 32.2. The van der Waals surface area contributed by atoms with E-state index >= 15 is 0 Å². The molecule has 0 spiro atoms. The summed E-state index contributed by atoms with van der Waals surface area (Å²) in [6, 6.07) is 5.77. The van der Waals surface area contributed by atoms with Gasteiger partial charge in [0.1, 0.15) is 6.33 Å². The van der Waals surface area contributed by atoms with E-state index in [0.717, 1.165) is 6.42 Å². The van der Waals surface area contributed by atoms with Gasteiger partial charge in [-0.1, -0.05) is 17.8 Å². The van der Waals surface area contributed by atoms with Gasteiger partial charge in [0.05, 0.1) is 10.6 Å². The highest BCUT2D eigenvalue weighted by Gasteiger charge is 2.11. The van der Waals surface area contributed by atoms with Crippen molar-refractivity contribution < 1.29 is 17.9 Å². The van der Waals surface area contributed by atoms with Crippen LogP contribution >= 0.6 is 11.8 Å². The van der Waals surface area contributed by atoms with E-state index in [1.807, 2.05) is 4.57 Å². The van der Waals surface area contributed by atoms with Crippen LogP contribution in [-0.4, -0.2) is 48.6 Å². The Morgan fingerprint density at radius 1 is 1.44 bits per heavy atom. The van der Waals surface area contributed by atoms with Crippen molar-refractivity contribution in [1.29, 1.82) is 0 Å². The fourth-order valence-electron chi connectivity index (χ4n) is 1.97. The summed E-state index contributed by atoms with van der Waals surface area (Å²) in [4.78, 5) is 12.0. The number of hydrogen-bond donors (Lipinski definition) is 2. The van der Waals surface area contributed by atoms with E-state index < -0.39 is 10.0 Å². The number of amides is 1. The normalized spacial score (nSPS) is 11.4. The van der Waals surface area contributed by atoms with Crippen LogP contribution in [0.3, 0.4) is 0 Å². The summed E-state index contributed by atoms with van der Waals surface area (Å²) in [6.45, 7) is 1.32.